The summed E-state index contributed by atoms with van der Waals surface area (Å²) in [6.07, 6.45) is -0.750. The number of anilines is 1. The molecule has 1 aromatic carbocycles. The minimum atomic E-state index is -4.18. The molecule has 0 heterocycles. The number of carbonyl (C=O) groups excluding carboxylic acids is 3. The maximum atomic E-state index is 11.6. The molecule has 0 saturated carbocycles. The van der Waals surface area contributed by atoms with Crippen molar-refractivity contribution >= 4 is 44.8 Å². The number of ether oxygens (including phenoxy) is 2. The van der Waals surface area contributed by atoms with Crippen molar-refractivity contribution in [1.29, 1.82) is 0 Å². The highest BCUT2D eigenvalue weighted by Crippen LogP contribution is 2.20. The first-order chi connectivity index (χ1) is 11.7. The van der Waals surface area contributed by atoms with Crippen LogP contribution in [0.15, 0.2) is 23.1 Å². The fourth-order valence-electron chi connectivity index (χ4n) is 1.62. The first kappa shape index (κ1) is 20.7. The van der Waals surface area contributed by atoms with Crippen molar-refractivity contribution in [2.24, 2.45) is 5.14 Å². The van der Waals surface area contributed by atoms with E-state index in [1.54, 1.807) is 6.92 Å². The number of nitrogens with two attached hydrogens (primary N) is 1. The summed E-state index contributed by atoms with van der Waals surface area (Å²) in [6, 6.07) is 3.71. The van der Waals surface area contributed by atoms with Gasteiger partial charge in [0.15, 0.2) is 0 Å². The molecule has 12 heteroatoms. The minimum absolute atomic E-state index is 0.168. The molecule has 0 aromatic heterocycles. The Morgan fingerprint density at radius 3 is 2.52 bits per heavy atom. The number of amides is 1. The third kappa shape index (κ3) is 6.60. The van der Waals surface area contributed by atoms with Gasteiger partial charge in [-0.3, -0.25) is 9.52 Å². The van der Waals surface area contributed by atoms with Crippen molar-refractivity contribution in [2.45, 2.75) is 11.8 Å². The van der Waals surface area contributed by atoms with E-state index < -0.39 is 32.1 Å². The summed E-state index contributed by atoms with van der Waals surface area (Å²) in [5.74, 6) is -0.860. The van der Waals surface area contributed by atoms with Crippen LogP contribution in [0.3, 0.4) is 0 Å². The van der Waals surface area contributed by atoms with Gasteiger partial charge in [-0.15, -0.1) is 0 Å². The Balaban J connectivity index is 2.79. The van der Waals surface area contributed by atoms with Gasteiger partial charge in [-0.25, -0.2) is 23.1 Å². The largest absolute Gasteiger partial charge is 0.465 e. The second-order valence-corrected chi connectivity index (χ2v) is 6.79. The maximum absolute atomic E-state index is 11.6. The van der Waals surface area contributed by atoms with Gasteiger partial charge in [0, 0.05) is 17.6 Å². The molecule has 10 nitrogen and oxygen atoms in total. The molecule has 0 spiro atoms. The Morgan fingerprint density at radius 2 is 1.96 bits per heavy atom. The first-order valence-electron chi connectivity index (χ1n) is 6.80. The zero-order chi connectivity index (χ0) is 19.0. The summed E-state index contributed by atoms with van der Waals surface area (Å²) in [6.45, 7) is 1.56. The predicted octanol–water partition coefficient (Wildman–Crippen LogP) is 0.453. The van der Waals surface area contributed by atoms with Crippen LogP contribution >= 0.6 is 11.9 Å². The average molecular weight is 391 g/mol. The molecule has 4 N–H and O–H groups in total. The predicted molar refractivity (Wildman–Crippen MR) is 90.4 cm³/mol. The number of carbonyl (C=O) groups is 3. The van der Waals surface area contributed by atoms with Crippen LogP contribution in [0.5, 0.6) is 0 Å². The highest BCUT2D eigenvalue weighted by atomic mass is 32.2. The van der Waals surface area contributed by atoms with Gasteiger partial charge in [-0.1, -0.05) is 0 Å². The van der Waals surface area contributed by atoms with Crippen molar-refractivity contribution in [3.63, 3.8) is 0 Å². The molecule has 0 bridgehead atoms. The number of sulfonamides is 1. The van der Waals surface area contributed by atoms with Crippen LogP contribution in [0.1, 0.15) is 17.3 Å². The summed E-state index contributed by atoms with van der Waals surface area (Å²) >= 11 is 0.522. The van der Waals surface area contributed by atoms with Gasteiger partial charge in [0.05, 0.1) is 30.7 Å². The van der Waals surface area contributed by atoms with Crippen LogP contribution in [0.25, 0.3) is 0 Å². The lowest BCUT2D eigenvalue weighted by atomic mass is 10.2. The third-order valence-corrected chi connectivity index (χ3v) is 4.25. The summed E-state index contributed by atoms with van der Waals surface area (Å²) in [4.78, 5) is 33.8. The first-order valence-corrected chi connectivity index (χ1v) is 9.16. The molecular formula is C13H17N3O7S2. The molecule has 0 aliphatic heterocycles. The Hall–Kier alpha value is -2.31. The van der Waals surface area contributed by atoms with Crippen molar-refractivity contribution in [3.8, 4) is 0 Å². The van der Waals surface area contributed by atoms with Gasteiger partial charge in [0.25, 0.3) is 0 Å². The van der Waals surface area contributed by atoms with Gasteiger partial charge in [-0.2, -0.15) is 0 Å². The fraction of sp³-hybridized carbons (Fsp3) is 0.308. The van der Waals surface area contributed by atoms with Crippen LogP contribution in [-0.4, -0.2) is 45.9 Å². The van der Waals surface area contributed by atoms with E-state index in [1.807, 2.05) is 0 Å². The highest BCUT2D eigenvalue weighted by molar-refractivity contribution is 8.12. The molecule has 0 saturated heterocycles. The lowest BCUT2D eigenvalue weighted by Crippen LogP contribution is -2.22. The van der Waals surface area contributed by atoms with Crippen LogP contribution in [0.2, 0.25) is 0 Å². The lowest BCUT2D eigenvalue weighted by molar-refractivity contribution is -0.109. The zero-order valence-corrected chi connectivity index (χ0v) is 15.0. The third-order valence-electron chi connectivity index (χ3n) is 2.65. The number of esters is 1. The van der Waals surface area contributed by atoms with Crippen molar-refractivity contribution in [2.75, 3.05) is 25.6 Å². The molecule has 0 fully saturated rings. The minimum Gasteiger partial charge on any atom is -0.465 e. The molecule has 0 aliphatic carbocycles. The molecule has 0 atom stereocenters. The molecule has 1 amide bonds. The van der Waals surface area contributed by atoms with Crippen LogP contribution < -0.4 is 15.2 Å². The second kappa shape index (κ2) is 9.25. The van der Waals surface area contributed by atoms with Crippen LogP contribution in [0, 0.1) is 0 Å². The topological polar surface area (TPSA) is 154 Å². The second-order valence-electron chi connectivity index (χ2n) is 4.40. The Labute approximate surface area is 148 Å². The smallest absolute Gasteiger partial charge is 0.417 e. The molecule has 0 unspecified atom stereocenters. The van der Waals surface area contributed by atoms with E-state index in [4.69, 9.17) is 5.14 Å². The number of primary sulfonamides is 1. The lowest BCUT2D eigenvalue weighted by Gasteiger charge is -2.10. The molecule has 0 radical (unpaired) electrons. The van der Waals surface area contributed by atoms with E-state index in [-0.39, 0.29) is 24.4 Å². The van der Waals surface area contributed by atoms with E-state index in [0.29, 0.717) is 11.9 Å². The van der Waals surface area contributed by atoms with E-state index in [0.717, 1.165) is 13.2 Å². The monoisotopic (exact) mass is 391 g/mol. The quantitative estimate of drug-likeness (QED) is 0.463. The summed E-state index contributed by atoms with van der Waals surface area (Å²) < 4.78 is 34.5. The zero-order valence-electron chi connectivity index (χ0n) is 13.4. The van der Waals surface area contributed by atoms with Crippen molar-refractivity contribution in [1.82, 2.24) is 4.72 Å². The number of nitrogens with one attached hydrogen (secondary N) is 2. The molecule has 1 aromatic rings. The highest BCUT2D eigenvalue weighted by Gasteiger charge is 2.20. The average Bonchev–Trinajstić information content (AvgIpc) is 2.56. The van der Waals surface area contributed by atoms with Gasteiger partial charge >= 0.3 is 12.1 Å². The van der Waals surface area contributed by atoms with Gasteiger partial charge in [0.1, 0.15) is 0 Å². The Morgan fingerprint density at radius 1 is 1.28 bits per heavy atom. The van der Waals surface area contributed by atoms with Gasteiger partial charge in [-0.05, 0) is 25.1 Å². The maximum Gasteiger partial charge on any atom is 0.417 e. The fourth-order valence-corrected chi connectivity index (χ4v) is 2.77. The molecule has 1 rings (SSSR count). The van der Waals surface area contributed by atoms with Gasteiger partial charge < -0.3 is 14.8 Å². The molecule has 0 aliphatic rings. The van der Waals surface area contributed by atoms with E-state index in [9.17, 15) is 22.8 Å². The number of hydrogen-bond acceptors (Lipinski definition) is 9. The van der Waals surface area contributed by atoms with Crippen molar-refractivity contribution in [3.05, 3.63) is 23.8 Å². The number of methoxy groups -OCH3 is 1. The van der Waals surface area contributed by atoms with Crippen LogP contribution in [-0.2, 0) is 24.3 Å². The van der Waals surface area contributed by atoms with Gasteiger partial charge in [0.2, 0.25) is 15.1 Å². The molecule has 138 valence electrons. The number of rotatable bonds is 6. The summed E-state index contributed by atoms with van der Waals surface area (Å²) in [5, 5.41) is 7.29. The number of hydrogen-bond donors (Lipinski definition) is 3. The van der Waals surface area contributed by atoms with E-state index in [2.05, 4.69) is 19.5 Å². The van der Waals surface area contributed by atoms with Crippen molar-refractivity contribution < 1.29 is 32.3 Å². The van der Waals surface area contributed by atoms with E-state index in [1.165, 1.54) is 12.1 Å². The summed E-state index contributed by atoms with van der Waals surface area (Å²) in [7, 11) is -3.08. The normalized spacial score (nSPS) is 10.7. The molecule has 25 heavy (non-hydrogen) atoms. The summed E-state index contributed by atoms with van der Waals surface area (Å²) in [5.41, 5.74) is 0.0157. The SMILES string of the molecule is CCOC(=O)NSC(=O)CNc1ccc(C(=O)OC)c(S(N)(=O)=O)c1. The molecular weight excluding hydrogens is 374 g/mol. The number of benzene rings is 1. The van der Waals surface area contributed by atoms with Crippen LogP contribution in [0.4, 0.5) is 10.5 Å². The standard InChI is InChI=1S/C13H17N3O7S2/c1-3-23-13(19)16-24-11(17)7-15-8-4-5-9(12(18)22-2)10(6-8)25(14,20)21/h4-6,15H,3,7H2,1-2H3,(H,16,19)(H2,14,20,21). The Kier molecular flexibility index (Phi) is 7.67. The Bertz CT molecular complexity index is 765. The van der Waals surface area contributed by atoms with E-state index >= 15 is 0 Å².